The van der Waals surface area contributed by atoms with Crippen LogP contribution in [0.25, 0.3) is 0 Å². The molecule has 0 fully saturated rings. The minimum atomic E-state index is -0.192. The minimum Gasteiger partial charge on any atom is -0.361 e. The maximum absolute atomic E-state index is 11.9. The first-order valence-electron chi connectivity index (χ1n) is 5.85. The van der Waals surface area contributed by atoms with Crippen LogP contribution >= 0.6 is 0 Å². The number of hydrogen-bond acceptors (Lipinski definition) is 4. The van der Waals surface area contributed by atoms with Crippen LogP contribution in [-0.2, 0) is 13.1 Å². The maximum atomic E-state index is 11.9. The highest BCUT2D eigenvalue weighted by Crippen LogP contribution is 2.11. The summed E-state index contributed by atoms with van der Waals surface area (Å²) in [5.41, 5.74) is 2.13. The fourth-order valence-electron chi connectivity index (χ4n) is 1.67. The lowest BCUT2D eigenvalue weighted by Crippen LogP contribution is -2.24. The van der Waals surface area contributed by atoms with Gasteiger partial charge >= 0.3 is 0 Å². The molecule has 0 radical (unpaired) electrons. The van der Waals surface area contributed by atoms with Crippen molar-refractivity contribution in [2.24, 2.45) is 0 Å². The van der Waals surface area contributed by atoms with Crippen LogP contribution in [0.5, 0.6) is 0 Å². The van der Waals surface area contributed by atoms with Crippen molar-refractivity contribution in [3.8, 4) is 0 Å². The highest BCUT2D eigenvalue weighted by atomic mass is 16.5. The number of aromatic nitrogens is 3. The molecule has 1 N–H and O–H groups in total. The fourth-order valence-corrected chi connectivity index (χ4v) is 1.67. The zero-order valence-corrected chi connectivity index (χ0v) is 10.7. The van der Waals surface area contributed by atoms with Crippen molar-refractivity contribution in [1.82, 2.24) is 20.3 Å². The molecule has 2 aromatic rings. The second kappa shape index (κ2) is 5.03. The monoisotopic (exact) mass is 248 g/mol. The minimum absolute atomic E-state index is 0.192. The largest absolute Gasteiger partial charge is 0.361 e. The van der Waals surface area contributed by atoms with E-state index in [0.29, 0.717) is 12.2 Å². The van der Waals surface area contributed by atoms with Crippen LogP contribution in [0, 0.1) is 13.8 Å². The summed E-state index contributed by atoms with van der Waals surface area (Å²) >= 11 is 0. The van der Waals surface area contributed by atoms with E-state index >= 15 is 0 Å². The normalized spacial score (nSPS) is 10.6. The molecular formula is C12H16N4O2. The molecule has 96 valence electrons. The molecule has 2 heterocycles. The van der Waals surface area contributed by atoms with E-state index in [0.717, 1.165) is 23.6 Å². The van der Waals surface area contributed by atoms with Crippen molar-refractivity contribution < 1.29 is 9.32 Å². The van der Waals surface area contributed by atoms with Crippen LogP contribution in [-0.4, -0.2) is 20.8 Å². The molecule has 6 nitrogen and oxygen atoms in total. The van der Waals surface area contributed by atoms with Gasteiger partial charge in [-0.05, 0) is 26.8 Å². The zero-order chi connectivity index (χ0) is 13.1. The molecule has 0 unspecified atom stereocenters. The van der Waals surface area contributed by atoms with Gasteiger partial charge in [-0.15, -0.1) is 0 Å². The van der Waals surface area contributed by atoms with Gasteiger partial charge in [0.25, 0.3) is 5.91 Å². The molecule has 0 saturated heterocycles. The van der Waals surface area contributed by atoms with Gasteiger partial charge in [-0.1, -0.05) is 5.16 Å². The average Bonchev–Trinajstić information content (AvgIpc) is 2.95. The van der Waals surface area contributed by atoms with Crippen molar-refractivity contribution in [3.63, 3.8) is 0 Å². The van der Waals surface area contributed by atoms with E-state index in [1.54, 1.807) is 16.9 Å². The summed E-state index contributed by atoms with van der Waals surface area (Å²) in [6.07, 6.45) is 1.78. The van der Waals surface area contributed by atoms with Gasteiger partial charge in [0.15, 0.2) is 0 Å². The quantitative estimate of drug-likeness (QED) is 0.888. The molecule has 2 rings (SSSR count). The van der Waals surface area contributed by atoms with Gasteiger partial charge in [0.1, 0.15) is 11.5 Å². The number of hydrogen-bond donors (Lipinski definition) is 1. The lowest BCUT2D eigenvalue weighted by molar-refractivity contribution is 0.0945. The van der Waals surface area contributed by atoms with Gasteiger partial charge in [-0.25, -0.2) is 0 Å². The fraction of sp³-hybridized carbons (Fsp3) is 0.417. The number of carbonyl (C=O) groups is 1. The highest BCUT2D eigenvalue weighted by Gasteiger charge is 2.12. The first-order chi connectivity index (χ1) is 8.61. The third-order valence-corrected chi connectivity index (χ3v) is 2.80. The average molecular weight is 248 g/mol. The van der Waals surface area contributed by atoms with E-state index in [9.17, 15) is 4.79 Å². The Balaban J connectivity index is 2.00. The van der Waals surface area contributed by atoms with Gasteiger partial charge < -0.3 is 9.84 Å². The summed E-state index contributed by atoms with van der Waals surface area (Å²) in [6, 6.07) is 1.70. The summed E-state index contributed by atoms with van der Waals surface area (Å²) in [7, 11) is 0. The molecule has 0 atom stereocenters. The summed E-state index contributed by atoms with van der Waals surface area (Å²) in [6.45, 7) is 6.80. The Kier molecular flexibility index (Phi) is 3.45. The molecule has 0 bridgehead atoms. The van der Waals surface area contributed by atoms with Crippen molar-refractivity contribution in [2.75, 3.05) is 0 Å². The smallest absolute Gasteiger partial charge is 0.272 e. The van der Waals surface area contributed by atoms with E-state index in [1.807, 2.05) is 20.8 Å². The number of rotatable bonds is 4. The van der Waals surface area contributed by atoms with Gasteiger partial charge in [0.2, 0.25) is 0 Å². The molecule has 0 aliphatic rings. The number of nitrogens with zero attached hydrogens (tertiary/aromatic N) is 3. The molecule has 0 aromatic carbocycles. The van der Waals surface area contributed by atoms with Crippen molar-refractivity contribution in [3.05, 3.63) is 35.0 Å². The van der Waals surface area contributed by atoms with Crippen LogP contribution in [0.1, 0.15) is 34.4 Å². The third-order valence-electron chi connectivity index (χ3n) is 2.80. The topological polar surface area (TPSA) is 73.0 Å². The number of amides is 1. The number of carbonyl (C=O) groups excluding carboxylic acids is 1. The molecule has 6 heteroatoms. The molecule has 0 spiro atoms. The van der Waals surface area contributed by atoms with Gasteiger partial charge in [0, 0.05) is 24.8 Å². The standard InChI is InChI=1S/C12H16N4O2/c1-4-16-6-5-11(14-16)12(17)13-7-10-8(2)15-18-9(10)3/h5-6H,4,7H2,1-3H3,(H,13,17). The molecule has 0 aliphatic carbocycles. The predicted molar refractivity (Wildman–Crippen MR) is 65.0 cm³/mol. The number of aryl methyl sites for hydroxylation is 3. The Labute approximate surface area is 105 Å². The number of nitrogens with one attached hydrogen (secondary N) is 1. The molecule has 18 heavy (non-hydrogen) atoms. The van der Waals surface area contributed by atoms with Gasteiger partial charge in [-0.3, -0.25) is 9.48 Å². The molecule has 1 amide bonds. The van der Waals surface area contributed by atoms with E-state index < -0.39 is 0 Å². The third kappa shape index (κ3) is 2.42. The van der Waals surface area contributed by atoms with Crippen LogP contribution in [0.4, 0.5) is 0 Å². The van der Waals surface area contributed by atoms with E-state index in [-0.39, 0.29) is 5.91 Å². The van der Waals surface area contributed by atoms with Crippen LogP contribution in [0.3, 0.4) is 0 Å². The van der Waals surface area contributed by atoms with Crippen molar-refractivity contribution >= 4 is 5.91 Å². The summed E-state index contributed by atoms with van der Waals surface area (Å²) in [4.78, 5) is 11.9. The molecule has 0 aliphatic heterocycles. The Morgan fingerprint density at radius 2 is 2.28 bits per heavy atom. The van der Waals surface area contributed by atoms with Crippen molar-refractivity contribution in [2.45, 2.75) is 33.9 Å². The van der Waals surface area contributed by atoms with Crippen LogP contribution < -0.4 is 5.32 Å². The Bertz CT molecular complexity index is 537. The Morgan fingerprint density at radius 3 is 2.83 bits per heavy atom. The van der Waals surface area contributed by atoms with Crippen molar-refractivity contribution in [1.29, 1.82) is 0 Å². The lowest BCUT2D eigenvalue weighted by atomic mass is 10.2. The lowest BCUT2D eigenvalue weighted by Gasteiger charge is -2.02. The SMILES string of the molecule is CCn1ccc(C(=O)NCc2c(C)noc2C)n1. The van der Waals surface area contributed by atoms with Crippen LogP contribution in [0.2, 0.25) is 0 Å². The summed E-state index contributed by atoms with van der Waals surface area (Å²) < 4.78 is 6.75. The highest BCUT2D eigenvalue weighted by molar-refractivity contribution is 5.92. The van der Waals surface area contributed by atoms with E-state index in [2.05, 4.69) is 15.6 Å². The van der Waals surface area contributed by atoms with Gasteiger partial charge in [0.05, 0.1) is 5.69 Å². The second-order valence-electron chi connectivity index (χ2n) is 4.04. The molecular weight excluding hydrogens is 232 g/mol. The van der Waals surface area contributed by atoms with E-state index in [4.69, 9.17) is 4.52 Å². The van der Waals surface area contributed by atoms with Crippen LogP contribution in [0.15, 0.2) is 16.8 Å². The molecule has 2 aromatic heterocycles. The molecule has 0 saturated carbocycles. The van der Waals surface area contributed by atoms with E-state index in [1.165, 1.54) is 0 Å². The summed E-state index contributed by atoms with van der Waals surface area (Å²) in [5, 5.41) is 10.8. The summed E-state index contributed by atoms with van der Waals surface area (Å²) in [5.74, 6) is 0.536. The second-order valence-corrected chi connectivity index (χ2v) is 4.04. The Hall–Kier alpha value is -2.11. The predicted octanol–water partition coefficient (Wildman–Crippen LogP) is 1.44. The zero-order valence-electron chi connectivity index (χ0n) is 10.7. The first kappa shape index (κ1) is 12.3. The first-order valence-corrected chi connectivity index (χ1v) is 5.85. The maximum Gasteiger partial charge on any atom is 0.272 e. The van der Waals surface area contributed by atoms with Gasteiger partial charge in [-0.2, -0.15) is 5.10 Å². The Morgan fingerprint density at radius 1 is 1.50 bits per heavy atom.